The van der Waals surface area contributed by atoms with Crippen molar-refractivity contribution in [3.05, 3.63) is 158 Å². The first-order valence-electron chi connectivity index (χ1n) is 14.9. The van der Waals surface area contributed by atoms with Crippen LogP contribution in [-0.2, 0) is 0 Å². The van der Waals surface area contributed by atoms with Crippen molar-refractivity contribution in [3.8, 4) is 39.2 Å². The monoisotopic (exact) mass is 578 g/mol. The summed E-state index contributed by atoms with van der Waals surface area (Å²) in [6.07, 6.45) is 0. The van der Waals surface area contributed by atoms with Crippen molar-refractivity contribution in [1.82, 2.24) is 9.55 Å². The number of pyridine rings is 1. The molecule has 2 nitrogen and oxygen atoms in total. The van der Waals surface area contributed by atoms with Crippen molar-refractivity contribution in [2.75, 3.05) is 0 Å². The number of fused-ring (bicyclic) bond motifs is 6. The molecule has 0 atom stereocenters. The highest BCUT2D eigenvalue weighted by atomic mass is 32.1. The van der Waals surface area contributed by atoms with Crippen LogP contribution in [0.4, 0.5) is 0 Å². The van der Waals surface area contributed by atoms with Crippen LogP contribution in [0.25, 0.3) is 81.3 Å². The molecular weight excluding hydrogens is 553 g/mol. The summed E-state index contributed by atoms with van der Waals surface area (Å²) in [4.78, 5) is 5.20. The van der Waals surface area contributed by atoms with Gasteiger partial charge < -0.3 is 4.57 Å². The lowest BCUT2D eigenvalue weighted by molar-refractivity contribution is 1.18. The smallest absolute Gasteiger partial charge is 0.0902 e. The van der Waals surface area contributed by atoms with Crippen molar-refractivity contribution in [2.24, 2.45) is 0 Å². The molecule has 0 aliphatic heterocycles. The molecule has 0 unspecified atom stereocenters. The maximum atomic E-state index is 5.20. The zero-order valence-electron chi connectivity index (χ0n) is 23.8. The van der Waals surface area contributed by atoms with E-state index in [0.717, 1.165) is 22.5 Å². The number of thiophene rings is 1. The van der Waals surface area contributed by atoms with Gasteiger partial charge in [-0.3, -0.25) is 0 Å². The predicted octanol–water partition coefficient (Wildman–Crippen LogP) is 11.5. The minimum atomic E-state index is 0.996. The third kappa shape index (κ3) is 3.98. The number of hydrogen-bond acceptors (Lipinski definition) is 2. The molecule has 44 heavy (non-hydrogen) atoms. The van der Waals surface area contributed by atoms with Gasteiger partial charge in [0.25, 0.3) is 0 Å². The van der Waals surface area contributed by atoms with Gasteiger partial charge in [-0.25, -0.2) is 4.98 Å². The van der Waals surface area contributed by atoms with E-state index in [-0.39, 0.29) is 0 Å². The largest absolute Gasteiger partial charge is 0.309 e. The summed E-state index contributed by atoms with van der Waals surface area (Å²) in [5.74, 6) is 0. The lowest BCUT2D eigenvalue weighted by atomic mass is 9.97. The highest BCUT2D eigenvalue weighted by Gasteiger charge is 2.16. The van der Waals surface area contributed by atoms with Crippen molar-refractivity contribution < 1.29 is 0 Å². The summed E-state index contributed by atoms with van der Waals surface area (Å²) in [7, 11) is 0. The van der Waals surface area contributed by atoms with E-state index in [0.29, 0.717) is 0 Å². The lowest BCUT2D eigenvalue weighted by Crippen LogP contribution is -1.94. The first kappa shape index (κ1) is 25.0. The van der Waals surface area contributed by atoms with Crippen LogP contribution in [0.1, 0.15) is 0 Å². The van der Waals surface area contributed by atoms with Crippen molar-refractivity contribution in [3.63, 3.8) is 0 Å². The summed E-state index contributed by atoms with van der Waals surface area (Å²) in [6, 6.07) is 56.6. The van der Waals surface area contributed by atoms with Crippen molar-refractivity contribution >= 4 is 53.4 Å². The summed E-state index contributed by atoms with van der Waals surface area (Å²) < 4.78 is 4.87. The molecular formula is C41H26N2S. The number of hydrogen-bond donors (Lipinski definition) is 0. The van der Waals surface area contributed by atoms with Gasteiger partial charge in [-0.15, -0.1) is 11.3 Å². The van der Waals surface area contributed by atoms with Crippen molar-refractivity contribution in [1.29, 1.82) is 0 Å². The fourth-order valence-electron chi connectivity index (χ4n) is 6.54. The van der Waals surface area contributed by atoms with Gasteiger partial charge >= 0.3 is 0 Å². The molecule has 0 aliphatic rings. The Hall–Kier alpha value is -5.51. The van der Waals surface area contributed by atoms with Gasteiger partial charge in [-0.2, -0.15) is 0 Å². The van der Waals surface area contributed by atoms with Crippen LogP contribution in [0.2, 0.25) is 0 Å². The number of para-hydroxylation sites is 2. The lowest BCUT2D eigenvalue weighted by Gasteiger charge is -2.12. The van der Waals surface area contributed by atoms with Crippen LogP contribution >= 0.6 is 11.3 Å². The summed E-state index contributed by atoms with van der Waals surface area (Å²) in [5, 5.41) is 3.76. The van der Waals surface area contributed by atoms with Gasteiger partial charge in [0.15, 0.2) is 0 Å². The highest BCUT2D eigenvalue weighted by Crippen LogP contribution is 2.42. The summed E-state index contributed by atoms with van der Waals surface area (Å²) >= 11 is 1.83. The molecule has 0 saturated heterocycles. The maximum absolute atomic E-state index is 5.20. The Morgan fingerprint density at radius 1 is 0.455 bits per heavy atom. The average Bonchev–Trinajstić information content (AvgIpc) is 3.64. The van der Waals surface area contributed by atoms with Gasteiger partial charge in [0.1, 0.15) is 0 Å². The molecule has 6 aromatic carbocycles. The second kappa shape index (κ2) is 10.0. The van der Waals surface area contributed by atoms with Gasteiger partial charge in [0.2, 0.25) is 0 Å². The Kier molecular flexibility index (Phi) is 5.71. The topological polar surface area (TPSA) is 17.8 Å². The maximum Gasteiger partial charge on any atom is 0.0902 e. The van der Waals surface area contributed by atoms with Crippen LogP contribution < -0.4 is 0 Å². The Morgan fingerprint density at radius 2 is 1.05 bits per heavy atom. The molecule has 0 radical (unpaired) electrons. The molecule has 0 amide bonds. The fourth-order valence-corrected chi connectivity index (χ4v) is 7.72. The fraction of sp³-hybridized carbons (Fsp3) is 0. The molecule has 3 heteroatoms. The number of benzene rings is 6. The second-order valence-electron chi connectivity index (χ2n) is 11.2. The first-order valence-corrected chi connectivity index (χ1v) is 15.7. The quantitative estimate of drug-likeness (QED) is 0.203. The van der Waals surface area contributed by atoms with Crippen LogP contribution in [0.3, 0.4) is 0 Å². The molecule has 9 rings (SSSR count). The Balaban J connectivity index is 1.22. The first-order chi connectivity index (χ1) is 21.8. The second-order valence-corrected chi connectivity index (χ2v) is 12.3. The predicted molar refractivity (Wildman–Crippen MR) is 188 cm³/mol. The van der Waals surface area contributed by atoms with E-state index >= 15 is 0 Å². The van der Waals surface area contributed by atoms with Gasteiger partial charge in [0, 0.05) is 37.7 Å². The van der Waals surface area contributed by atoms with E-state index < -0.39 is 0 Å². The average molecular weight is 579 g/mol. The molecule has 0 fully saturated rings. The summed E-state index contributed by atoms with van der Waals surface area (Å²) in [5.41, 5.74) is 11.6. The summed E-state index contributed by atoms with van der Waals surface area (Å²) in [6.45, 7) is 0. The van der Waals surface area contributed by atoms with Gasteiger partial charge in [-0.05, 0) is 59.2 Å². The molecule has 0 bridgehead atoms. The van der Waals surface area contributed by atoms with E-state index in [2.05, 4.69) is 162 Å². The molecule has 0 N–H and O–H groups in total. The standard InChI is InChI=1S/C41H26N2S/c1-2-12-27(13-3-1)36-26-35(41-40(42-36)34-20-6-9-23-39(34)44-41)30-16-10-14-28(24-30)29-15-11-17-31(25-29)43-37-21-7-4-18-32(37)33-19-5-8-22-38(33)43/h1-26H. The third-order valence-corrected chi connectivity index (χ3v) is 9.78. The highest BCUT2D eigenvalue weighted by molar-refractivity contribution is 7.26. The normalized spacial score (nSPS) is 11.6. The van der Waals surface area contributed by atoms with Crippen LogP contribution in [0, 0.1) is 0 Å². The minimum absolute atomic E-state index is 0.996. The third-order valence-electron chi connectivity index (χ3n) is 8.59. The molecule has 9 aromatic rings. The van der Waals surface area contributed by atoms with E-state index in [9.17, 15) is 0 Å². The van der Waals surface area contributed by atoms with E-state index in [1.54, 1.807) is 0 Å². The molecule has 3 heterocycles. The molecule has 0 aliphatic carbocycles. The van der Waals surface area contributed by atoms with E-state index in [1.165, 1.54) is 58.8 Å². The van der Waals surface area contributed by atoms with Crippen LogP contribution in [-0.4, -0.2) is 9.55 Å². The Morgan fingerprint density at radius 3 is 1.82 bits per heavy atom. The van der Waals surface area contributed by atoms with Crippen LogP contribution in [0.15, 0.2) is 158 Å². The molecule has 0 saturated carbocycles. The van der Waals surface area contributed by atoms with E-state index in [1.807, 2.05) is 11.3 Å². The van der Waals surface area contributed by atoms with Crippen molar-refractivity contribution in [2.45, 2.75) is 0 Å². The zero-order chi connectivity index (χ0) is 29.0. The number of nitrogens with zero attached hydrogens (tertiary/aromatic N) is 2. The zero-order valence-corrected chi connectivity index (χ0v) is 24.6. The Bertz CT molecular complexity index is 2450. The Labute approximate surface area is 259 Å². The minimum Gasteiger partial charge on any atom is -0.309 e. The number of aromatic nitrogens is 2. The molecule has 206 valence electrons. The SMILES string of the molecule is c1ccc(-c2cc(-c3cccc(-c4cccc(-n5c6ccccc6c6ccccc65)c4)c3)c3sc4ccccc4c3n2)cc1. The van der Waals surface area contributed by atoms with Gasteiger partial charge in [-0.1, -0.05) is 115 Å². The molecule has 0 spiro atoms. The van der Waals surface area contributed by atoms with Gasteiger partial charge in [0.05, 0.1) is 26.9 Å². The number of rotatable bonds is 4. The molecule has 3 aromatic heterocycles. The van der Waals surface area contributed by atoms with Crippen LogP contribution in [0.5, 0.6) is 0 Å². The van der Waals surface area contributed by atoms with E-state index in [4.69, 9.17) is 4.98 Å².